The first-order valence-corrected chi connectivity index (χ1v) is 2.15. The predicted molar refractivity (Wildman–Crippen MR) is 26.8 cm³/mol. The van der Waals surface area contributed by atoms with Crippen LogP contribution in [-0.2, 0) is 0 Å². The molecule has 31 valence electrons. The quantitative estimate of drug-likeness (QED) is 0.399. The van der Waals surface area contributed by atoms with Crippen LogP contribution in [0, 0.1) is 0 Å². The molecule has 0 aromatic carbocycles. The molecule has 0 spiro atoms. The highest BCUT2D eigenvalue weighted by molar-refractivity contribution is 5.70. The van der Waals surface area contributed by atoms with Gasteiger partial charge in [0.25, 0.3) is 0 Å². The zero-order valence-electron chi connectivity index (χ0n) is 3.59. The fraction of sp³-hybridized carbons (Fsp3) is 0.400. The van der Waals surface area contributed by atoms with Gasteiger partial charge in [-0.15, -0.1) is 0 Å². The summed E-state index contributed by atoms with van der Waals surface area (Å²) in [4.78, 5) is 3.97. The van der Waals surface area contributed by atoms with Crippen molar-refractivity contribution in [1.82, 2.24) is 4.99 Å². The Bertz CT molecular complexity index is 69.9. The third-order valence-electron chi connectivity index (χ3n) is 0.752. The molecule has 0 aromatic heterocycles. The number of aliphatic imine (C=N–C) groups is 1. The number of dihydropyridines is 1. The fourth-order valence-corrected chi connectivity index (χ4v) is 0.442. The van der Waals surface area contributed by atoms with E-state index in [1.807, 2.05) is 12.3 Å². The molecule has 0 amide bonds. The summed E-state index contributed by atoms with van der Waals surface area (Å²) < 4.78 is 0. The van der Waals surface area contributed by atoms with Crippen molar-refractivity contribution in [3.63, 3.8) is 0 Å². The summed E-state index contributed by atoms with van der Waals surface area (Å²) in [5.74, 6) is 0. The van der Waals surface area contributed by atoms with Crippen molar-refractivity contribution >= 4 is 6.21 Å². The van der Waals surface area contributed by atoms with E-state index in [1.54, 1.807) is 0 Å². The molecule has 1 nitrogen and oxygen atoms in total. The smallest absolute Gasteiger partial charge is 0.0719 e. The van der Waals surface area contributed by atoms with Crippen molar-refractivity contribution in [2.45, 2.75) is 6.42 Å². The molecule has 1 aliphatic rings. The van der Waals surface area contributed by atoms with Gasteiger partial charge in [-0.05, 0) is 0 Å². The van der Waals surface area contributed by atoms with E-state index >= 15 is 0 Å². The first-order chi connectivity index (χ1) is 3.00. The predicted octanol–water partition coefficient (Wildman–Crippen LogP) is 0.353. The van der Waals surface area contributed by atoms with Crippen LogP contribution in [0.5, 0.6) is 0 Å². The third kappa shape index (κ3) is 0.677. The van der Waals surface area contributed by atoms with Crippen molar-refractivity contribution < 1.29 is 0 Å². The van der Waals surface area contributed by atoms with Gasteiger partial charge in [0, 0.05) is 17.5 Å². The zero-order valence-corrected chi connectivity index (χ0v) is 3.59. The van der Waals surface area contributed by atoms with Gasteiger partial charge >= 0.3 is 0 Å². The zero-order chi connectivity index (χ0) is 4.24. The lowest BCUT2D eigenvalue weighted by Gasteiger charge is -1.75. The lowest BCUT2D eigenvalue weighted by Crippen LogP contribution is -1.96. The Morgan fingerprint density at radius 3 is 2.67 bits per heavy atom. The van der Waals surface area contributed by atoms with Crippen LogP contribution in [0.2, 0.25) is 0 Å². The molecule has 0 aromatic rings. The van der Waals surface area contributed by atoms with E-state index in [0.717, 1.165) is 13.0 Å². The number of allylic oxidation sites excluding steroid dienone is 1. The van der Waals surface area contributed by atoms with E-state index < -0.39 is 0 Å². The Labute approximate surface area is 37.4 Å². The van der Waals surface area contributed by atoms with Crippen LogP contribution in [-0.4, -0.2) is 12.8 Å². The summed E-state index contributed by atoms with van der Waals surface area (Å²) in [7, 11) is 0. The topological polar surface area (TPSA) is 14.1 Å². The van der Waals surface area contributed by atoms with Gasteiger partial charge in [-0.2, -0.15) is 0 Å². The summed E-state index contributed by atoms with van der Waals surface area (Å²) in [5, 5.41) is 0. The second-order valence-corrected chi connectivity index (χ2v) is 1.27. The summed E-state index contributed by atoms with van der Waals surface area (Å²) in [5.41, 5.74) is 0. The van der Waals surface area contributed by atoms with Crippen LogP contribution in [0.25, 0.3) is 0 Å². The Morgan fingerprint density at radius 1 is 1.50 bits per heavy atom. The Morgan fingerprint density at radius 2 is 2.50 bits per heavy atom. The first-order valence-electron chi connectivity index (χ1n) is 2.15. The minimum atomic E-state index is 0.983. The van der Waals surface area contributed by atoms with Gasteiger partial charge < -0.3 is 0 Å². The molecule has 0 saturated carbocycles. The van der Waals surface area contributed by atoms with Crippen LogP contribution in [0.4, 0.5) is 0 Å². The Balaban J connectivity index is 2.46. The van der Waals surface area contributed by atoms with E-state index in [0.29, 0.717) is 0 Å². The fourth-order valence-electron chi connectivity index (χ4n) is 0.442. The van der Waals surface area contributed by atoms with E-state index in [1.165, 1.54) is 0 Å². The summed E-state index contributed by atoms with van der Waals surface area (Å²) in [6, 6.07) is 0. The first kappa shape index (κ1) is 3.59. The molecule has 0 bridgehead atoms. The van der Waals surface area contributed by atoms with Gasteiger partial charge in [-0.1, -0.05) is 6.08 Å². The molecule has 0 saturated heterocycles. The normalized spacial score (nSPS) is 18.7. The van der Waals surface area contributed by atoms with Crippen LogP contribution >= 0.6 is 0 Å². The second kappa shape index (κ2) is 1.75. The molecule has 0 aliphatic carbocycles. The molecule has 0 fully saturated rings. The average molecular weight is 81.1 g/mol. The Kier molecular flexibility index (Phi) is 1.05. The van der Waals surface area contributed by atoms with Gasteiger partial charge in [0.15, 0.2) is 0 Å². The van der Waals surface area contributed by atoms with E-state index in [9.17, 15) is 0 Å². The lowest BCUT2D eigenvalue weighted by molar-refractivity contribution is 0.924. The molecule has 1 radical (unpaired) electrons. The third-order valence-corrected chi connectivity index (χ3v) is 0.752. The molecule has 1 heteroatoms. The van der Waals surface area contributed by atoms with Crippen molar-refractivity contribution in [3.8, 4) is 0 Å². The van der Waals surface area contributed by atoms with Crippen molar-refractivity contribution in [1.29, 1.82) is 0 Å². The largest absolute Gasteiger partial charge is 0.234 e. The standard InChI is InChI=1S/C5H7N/c1-2-4-6-5-3-1/h1-2,4H,3,5H2/q+1. The molecule has 6 heavy (non-hydrogen) atoms. The molecule has 0 N–H and O–H groups in total. The second-order valence-electron chi connectivity index (χ2n) is 1.27. The number of hydrogen-bond donors (Lipinski definition) is 0. The maximum absolute atomic E-state index is 3.97. The minimum Gasteiger partial charge on any atom is -0.0719 e. The summed E-state index contributed by atoms with van der Waals surface area (Å²) in [6.07, 6.45) is 7.05. The van der Waals surface area contributed by atoms with Crippen LogP contribution in [0.3, 0.4) is 0 Å². The number of rotatable bonds is 0. The van der Waals surface area contributed by atoms with Gasteiger partial charge in [0.2, 0.25) is 12.8 Å². The van der Waals surface area contributed by atoms with Crippen LogP contribution in [0.15, 0.2) is 12.2 Å². The Hall–Kier alpha value is -0.590. The minimum absolute atomic E-state index is 0.983. The van der Waals surface area contributed by atoms with Crippen molar-refractivity contribution in [2.75, 3.05) is 6.54 Å². The van der Waals surface area contributed by atoms with Gasteiger partial charge in [0.05, 0.1) is 0 Å². The molecule has 1 heterocycles. The summed E-state index contributed by atoms with van der Waals surface area (Å²) in [6.45, 7) is 0.983. The van der Waals surface area contributed by atoms with Crippen LogP contribution in [0.1, 0.15) is 6.42 Å². The van der Waals surface area contributed by atoms with Crippen molar-refractivity contribution in [3.05, 3.63) is 12.2 Å². The molecule has 1 aliphatic heterocycles. The van der Waals surface area contributed by atoms with Gasteiger partial charge in [-0.25, -0.2) is 0 Å². The monoisotopic (exact) mass is 81.1 g/mol. The maximum Gasteiger partial charge on any atom is 0.234 e. The molecule has 0 atom stereocenters. The average Bonchev–Trinajstić information content (AvgIpc) is 1.72. The highest BCUT2D eigenvalue weighted by Gasteiger charge is 1.91. The van der Waals surface area contributed by atoms with E-state index in [4.69, 9.17) is 0 Å². The SMILES string of the molecule is C1=CCC[N+]=C1. The molecule has 1 rings (SSSR count). The molecule has 0 unspecified atom stereocenters. The molecular formula is C5H7N+. The van der Waals surface area contributed by atoms with E-state index in [2.05, 4.69) is 11.1 Å². The highest BCUT2D eigenvalue weighted by Crippen LogP contribution is 1.80. The van der Waals surface area contributed by atoms with Gasteiger partial charge in [-0.3, -0.25) is 0 Å². The van der Waals surface area contributed by atoms with Crippen LogP contribution < -0.4 is 4.99 Å². The highest BCUT2D eigenvalue weighted by atomic mass is 14.7. The number of hydrogen-bond acceptors (Lipinski definition) is 1. The molecular weight excluding hydrogens is 74.1 g/mol. The maximum atomic E-state index is 3.97. The van der Waals surface area contributed by atoms with Crippen molar-refractivity contribution in [2.24, 2.45) is 0 Å². The number of nitrogens with zero attached hydrogens (tertiary/aromatic N) is 1. The summed E-state index contributed by atoms with van der Waals surface area (Å²) >= 11 is 0. The van der Waals surface area contributed by atoms with Gasteiger partial charge in [0.1, 0.15) is 0 Å². The van der Waals surface area contributed by atoms with E-state index in [-0.39, 0.29) is 0 Å². The lowest BCUT2D eigenvalue weighted by atomic mass is 10.3.